The number of ether oxygens (including phenoxy) is 1. The van der Waals surface area contributed by atoms with Crippen LogP contribution in [0.1, 0.15) is 19.3 Å². The van der Waals surface area contributed by atoms with Crippen molar-refractivity contribution in [3.8, 4) is 0 Å². The van der Waals surface area contributed by atoms with Gasteiger partial charge >= 0.3 is 0 Å². The first-order valence-corrected chi connectivity index (χ1v) is 6.61. The molecule has 1 aromatic heterocycles. The predicted octanol–water partition coefficient (Wildman–Crippen LogP) is 2.44. The highest BCUT2D eigenvalue weighted by atomic mass is 16.5. The minimum atomic E-state index is 0.764. The summed E-state index contributed by atoms with van der Waals surface area (Å²) in [6.45, 7) is 2.73. The summed E-state index contributed by atoms with van der Waals surface area (Å²) >= 11 is 0. The molecule has 2 N–H and O–H groups in total. The quantitative estimate of drug-likeness (QED) is 0.628. The van der Waals surface area contributed by atoms with Gasteiger partial charge in [-0.3, -0.25) is 0 Å². The lowest BCUT2D eigenvalue weighted by Gasteiger charge is -2.05. The first kappa shape index (κ1) is 11.5. The molecular formula is C14H19N3O. The summed E-state index contributed by atoms with van der Waals surface area (Å²) in [5.74, 6) is 0.849. The fourth-order valence-corrected chi connectivity index (χ4v) is 2.13. The van der Waals surface area contributed by atoms with Crippen molar-refractivity contribution in [1.29, 1.82) is 0 Å². The Labute approximate surface area is 107 Å². The van der Waals surface area contributed by atoms with Gasteiger partial charge in [-0.25, -0.2) is 4.98 Å². The molecule has 1 aromatic carbocycles. The molecule has 0 saturated heterocycles. The highest BCUT2D eigenvalue weighted by Crippen LogP contribution is 2.28. The minimum Gasteiger partial charge on any atom is -0.399 e. The second-order valence-corrected chi connectivity index (χ2v) is 5.06. The van der Waals surface area contributed by atoms with Crippen molar-refractivity contribution in [1.82, 2.24) is 9.55 Å². The van der Waals surface area contributed by atoms with Gasteiger partial charge in [-0.2, -0.15) is 0 Å². The second kappa shape index (κ2) is 4.98. The van der Waals surface area contributed by atoms with Gasteiger partial charge in [0.05, 0.1) is 17.4 Å². The maximum Gasteiger partial charge on any atom is 0.0958 e. The fourth-order valence-electron chi connectivity index (χ4n) is 2.13. The number of anilines is 1. The minimum absolute atomic E-state index is 0.764. The van der Waals surface area contributed by atoms with Gasteiger partial charge < -0.3 is 15.0 Å². The monoisotopic (exact) mass is 245 g/mol. The van der Waals surface area contributed by atoms with Gasteiger partial charge in [0.1, 0.15) is 0 Å². The topological polar surface area (TPSA) is 53.1 Å². The first-order valence-electron chi connectivity index (χ1n) is 6.61. The molecule has 1 aliphatic carbocycles. The van der Waals surface area contributed by atoms with E-state index < -0.39 is 0 Å². The van der Waals surface area contributed by atoms with Crippen molar-refractivity contribution in [2.75, 3.05) is 18.9 Å². The average Bonchev–Trinajstić information content (AvgIpc) is 3.10. The van der Waals surface area contributed by atoms with E-state index in [1.807, 2.05) is 24.5 Å². The van der Waals surface area contributed by atoms with Gasteiger partial charge in [0.25, 0.3) is 0 Å². The molecular weight excluding hydrogens is 226 g/mol. The van der Waals surface area contributed by atoms with Crippen LogP contribution in [-0.4, -0.2) is 22.8 Å². The van der Waals surface area contributed by atoms with Crippen molar-refractivity contribution in [3.63, 3.8) is 0 Å². The van der Waals surface area contributed by atoms with Crippen LogP contribution in [0.15, 0.2) is 24.5 Å². The number of fused-ring (bicyclic) bond motifs is 1. The van der Waals surface area contributed by atoms with Crippen LogP contribution in [0.5, 0.6) is 0 Å². The molecule has 4 nitrogen and oxygen atoms in total. The summed E-state index contributed by atoms with van der Waals surface area (Å²) in [4.78, 5) is 4.36. The normalized spacial score (nSPS) is 15.3. The van der Waals surface area contributed by atoms with Gasteiger partial charge in [-0.05, 0) is 43.4 Å². The Bertz CT molecular complexity index is 531. The number of aryl methyl sites for hydroxylation is 1. The van der Waals surface area contributed by atoms with E-state index >= 15 is 0 Å². The van der Waals surface area contributed by atoms with E-state index in [9.17, 15) is 0 Å². The van der Waals surface area contributed by atoms with Crippen LogP contribution in [0.4, 0.5) is 5.69 Å². The summed E-state index contributed by atoms with van der Waals surface area (Å²) in [6, 6.07) is 5.86. The second-order valence-electron chi connectivity index (χ2n) is 5.06. The number of nitrogens with zero attached hydrogens (tertiary/aromatic N) is 2. The van der Waals surface area contributed by atoms with Crippen molar-refractivity contribution in [2.45, 2.75) is 25.8 Å². The maximum atomic E-state index is 5.74. The Balaban J connectivity index is 1.53. The number of rotatable bonds is 6. The Morgan fingerprint density at radius 2 is 2.28 bits per heavy atom. The molecule has 2 aromatic rings. The molecule has 0 spiro atoms. The molecule has 0 bridgehead atoms. The van der Waals surface area contributed by atoms with Crippen LogP contribution in [0, 0.1) is 5.92 Å². The van der Waals surface area contributed by atoms with E-state index in [1.54, 1.807) is 0 Å². The highest BCUT2D eigenvalue weighted by Gasteiger charge is 2.20. The Hall–Kier alpha value is -1.55. The number of benzene rings is 1. The van der Waals surface area contributed by atoms with Gasteiger partial charge in [-0.15, -0.1) is 0 Å². The molecule has 96 valence electrons. The lowest BCUT2D eigenvalue weighted by Crippen LogP contribution is -2.03. The van der Waals surface area contributed by atoms with E-state index in [1.165, 1.54) is 12.8 Å². The molecule has 0 atom stereocenters. The highest BCUT2D eigenvalue weighted by molar-refractivity contribution is 5.78. The van der Waals surface area contributed by atoms with Gasteiger partial charge in [-0.1, -0.05) is 0 Å². The number of nitrogen functional groups attached to an aromatic ring is 1. The van der Waals surface area contributed by atoms with Gasteiger partial charge in [0.15, 0.2) is 0 Å². The lowest BCUT2D eigenvalue weighted by atomic mass is 10.3. The third kappa shape index (κ3) is 2.64. The zero-order chi connectivity index (χ0) is 12.4. The average molecular weight is 245 g/mol. The van der Waals surface area contributed by atoms with Crippen molar-refractivity contribution in [2.24, 2.45) is 5.92 Å². The van der Waals surface area contributed by atoms with E-state index in [-0.39, 0.29) is 0 Å². The summed E-state index contributed by atoms with van der Waals surface area (Å²) in [7, 11) is 0. The first-order chi connectivity index (χ1) is 8.83. The van der Waals surface area contributed by atoms with E-state index in [0.29, 0.717) is 0 Å². The number of nitrogens with two attached hydrogens (primary N) is 1. The summed E-state index contributed by atoms with van der Waals surface area (Å²) < 4.78 is 7.80. The number of aromatic nitrogens is 2. The van der Waals surface area contributed by atoms with Crippen LogP contribution >= 0.6 is 0 Å². The molecule has 1 heterocycles. The van der Waals surface area contributed by atoms with E-state index in [0.717, 1.165) is 48.8 Å². The van der Waals surface area contributed by atoms with Gasteiger partial charge in [0, 0.05) is 25.4 Å². The number of hydrogen-bond donors (Lipinski definition) is 1. The molecule has 18 heavy (non-hydrogen) atoms. The zero-order valence-corrected chi connectivity index (χ0v) is 10.5. The molecule has 3 rings (SSSR count). The summed E-state index contributed by atoms with van der Waals surface area (Å²) in [5.41, 5.74) is 8.61. The fraction of sp³-hybridized carbons (Fsp3) is 0.500. The number of imidazole rings is 1. The van der Waals surface area contributed by atoms with E-state index in [2.05, 4.69) is 9.55 Å². The van der Waals surface area contributed by atoms with Crippen molar-refractivity contribution in [3.05, 3.63) is 24.5 Å². The summed E-state index contributed by atoms with van der Waals surface area (Å²) in [5, 5.41) is 0. The molecule has 0 amide bonds. The Morgan fingerprint density at radius 1 is 1.39 bits per heavy atom. The van der Waals surface area contributed by atoms with Crippen molar-refractivity contribution >= 4 is 16.7 Å². The lowest BCUT2D eigenvalue weighted by molar-refractivity contribution is 0.119. The van der Waals surface area contributed by atoms with Crippen LogP contribution in [-0.2, 0) is 11.3 Å². The van der Waals surface area contributed by atoms with Crippen LogP contribution in [0.25, 0.3) is 11.0 Å². The smallest absolute Gasteiger partial charge is 0.0958 e. The number of hydrogen-bond acceptors (Lipinski definition) is 3. The SMILES string of the molecule is Nc1ccc2c(c1)ncn2CCCOCC1CC1. The summed E-state index contributed by atoms with van der Waals surface area (Å²) in [6.07, 6.45) is 5.62. The molecule has 4 heteroatoms. The molecule has 0 aliphatic heterocycles. The zero-order valence-electron chi connectivity index (χ0n) is 10.5. The Morgan fingerprint density at radius 3 is 3.11 bits per heavy atom. The predicted molar refractivity (Wildman–Crippen MR) is 72.3 cm³/mol. The molecule has 0 radical (unpaired) electrons. The molecule has 1 saturated carbocycles. The van der Waals surface area contributed by atoms with E-state index in [4.69, 9.17) is 10.5 Å². The largest absolute Gasteiger partial charge is 0.399 e. The molecule has 1 fully saturated rings. The van der Waals surface area contributed by atoms with Crippen LogP contribution in [0.2, 0.25) is 0 Å². The van der Waals surface area contributed by atoms with Crippen LogP contribution < -0.4 is 5.73 Å². The maximum absolute atomic E-state index is 5.74. The standard InChI is InChI=1S/C14H19N3O/c15-12-4-5-14-13(8-12)16-10-17(14)6-1-7-18-9-11-2-3-11/h4-5,8,10-11H,1-3,6-7,9,15H2. The molecule has 0 unspecified atom stereocenters. The van der Waals surface area contributed by atoms with Crippen molar-refractivity contribution < 1.29 is 4.74 Å². The molecule has 1 aliphatic rings. The Kier molecular flexibility index (Phi) is 3.19. The third-order valence-electron chi connectivity index (χ3n) is 3.38. The van der Waals surface area contributed by atoms with Crippen LogP contribution in [0.3, 0.4) is 0 Å². The third-order valence-corrected chi connectivity index (χ3v) is 3.38. The van der Waals surface area contributed by atoms with Gasteiger partial charge in [0.2, 0.25) is 0 Å².